The van der Waals surface area contributed by atoms with E-state index in [1.54, 1.807) is 12.1 Å². The van der Waals surface area contributed by atoms with Gasteiger partial charge in [-0.2, -0.15) is 5.10 Å². The molecular formula is C16H18ClN3O3. The van der Waals surface area contributed by atoms with Crippen molar-refractivity contribution in [3.63, 3.8) is 0 Å². The zero-order valence-electron chi connectivity index (χ0n) is 12.5. The number of aliphatic hydroxyl groups is 1. The molecule has 0 bridgehead atoms. The van der Waals surface area contributed by atoms with E-state index in [0.29, 0.717) is 42.3 Å². The zero-order valence-corrected chi connectivity index (χ0v) is 13.3. The number of hydrogen-bond acceptors (Lipinski definition) is 4. The zero-order chi connectivity index (χ0) is 16.3. The molecule has 2 heterocycles. The predicted octanol–water partition coefficient (Wildman–Crippen LogP) is 2.00. The summed E-state index contributed by atoms with van der Waals surface area (Å²) in [5.41, 5.74) is 0.894. The molecule has 0 saturated carbocycles. The number of halogens is 1. The van der Waals surface area contributed by atoms with Crippen LogP contribution in [0.5, 0.6) is 0 Å². The van der Waals surface area contributed by atoms with Gasteiger partial charge in [-0.05, 0) is 12.1 Å². The first kappa shape index (κ1) is 16.0. The summed E-state index contributed by atoms with van der Waals surface area (Å²) in [7, 11) is 0. The lowest BCUT2D eigenvalue weighted by atomic mass is 9.94. The molecule has 1 aliphatic heterocycles. The van der Waals surface area contributed by atoms with Crippen LogP contribution in [0.2, 0.25) is 5.02 Å². The maximum absolute atomic E-state index is 12.4. The molecule has 0 unspecified atom stereocenters. The number of ether oxygens (including phenoxy) is 1. The average molecular weight is 336 g/mol. The molecule has 3 rings (SSSR count). The first-order valence-corrected chi connectivity index (χ1v) is 7.83. The van der Waals surface area contributed by atoms with Gasteiger partial charge >= 0.3 is 0 Å². The van der Waals surface area contributed by atoms with Gasteiger partial charge in [0.1, 0.15) is 0 Å². The summed E-state index contributed by atoms with van der Waals surface area (Å²) in [5, 5.41) is 20.5. The number of nitrogens with one attached hydrogen (secondary N) is 2. The second-order valence-corrected chi connectivity index (χ2v) is 6.12. The molecule has 1 saturated heterocycles. The Hall–Kier alpha value is -1.89. The van der Waals surface area contributed by atoms with Gasteiger partial charge in [-0.15, -0.1) is 0 Å². The number of H-pyrrole nitrogens is 1. The van der Waals surface area contributed by atoms with Crippen molar-refractivity contribution in [2.45, 2.75) is 18.4 Å². The first-order valence-electron chi connectivity index (χ1n) is 7.45. The second kappa shape index (κ2) is 6.70. The van der Waals surface area contributed by atoms with Gasteiger partial charge in [0.15, 0.2) is 0 Å². The highest BCUT2D eigenvalue weighted by Gasteiger charge is 2.30. The fraction of sp³-hybridized carbons (Fsp3) is 0.375. The Morgan fingerprint density at radius 1 is 1.43 bits per heavy atom. The summed E-state index contributed by atoms with van der Waals surface area (Å²) in [6.45, 7) is 1.20. The highest BCUT2D eigenvalue weighted by atomic mass is 35.5. The van der Waals surface area contributed by atoms with Crippen molar-refractivity contribution in [3.8, 4) is 11.3 Å². The van der Waals surface area contributed by atoms with Gasteiger partial charge in [0.25, 0.3) is 5.91 Å². The van der Waals surface area contributed by atoms with E-state index in [1.807, 2.05) is 12.1 Å². The number of carbonyl (C=O) groups is 1. The lowest BCUT2D eigenvalue weighted by Crippen LogP contribution is -2.46. The minimum atomic E-state index is -0.909. The van der Waals surface area contributed by atoms with Gasteiger partial charge < -0.3 is 15.2 Å². The molecule has 1 amide bonds. The monoisotopic (exact) mass is 335 g/mol. The largest absolute Gasteiger partial charge is 0.388 e. The van der Waals surface area contributed by atoms with Crippen molar-refractivity contribution in [1.29, 1.82) is 0 Å². The molecule has 122 valence electrons. The van der Waals surface area contributed by atoms with Crippen molar-refractivity contribution >= 4 is 17.5 Å². The van der Waals surface area contributed by atoms with Crippen LogP contribution in [0, 0.1) is 0 Å². The van der Waals surface area contributed by atoms with Gasteiger partial charge in [0, 0.05) is 43.2 Å². The highest BCUT2D eigenvalue weighted by Crippen LogP contribution is 2.24. The molecule has 1 aromatic heterocycles. The van der Waals surface area contributed by atoms with Crippen LogP contribution in [-0.4, -0.2) is 46.6 Å². The van der Waals surface area contributed by atoms with Gasteiger partial charge in [0.05, 0.1) is 23.1 Å². The van der Waals surface area contributed by atoms with Crippen LogP contribution in [0.1, 0.15) is 23.2 Å². The number of nitrogens with zero attached hydrogens (tertiary/aromatic N) is 1. The van der Waals surface area contributed by atoms with Crippen LogP contribution >= 0.6 is 11.6 Å². The summed E-state index contributed by atoms with van der Waals surface area (Å²) in [4.78, 5) is 12.4. The summed E-state index contributed by atoms with van der Waals surface area (Å²) < 4.78 is 5.23. The fourth-order valence-electron chi connectivity index (χ4n) is 2.59. The molecular weight excluding hydrogens is 318 g/mol. The Morgan fingerprint density at radius 3 is 2.96 bits per heavy atom. The van der Waals surface area contributed by atoms with Crippen LogP contribution in [0.4, 0.5) is 0 Å². The Kier molecular flexibility index (Phi) is 4.66. The van der Waals surface area contributed by atoms with Crippen molar-refractivity contribution in [3.05, 3.63) is 41.0 Å². The van der Waals surface area contributed by atoms with Crippen LogP contribution in [0.3, 0.4) is 0 Å². The molecule has 1 aliphatic rings. The van der Waals surface area contributed by atoms with Crippen LogP contribution in [0.15, 0.2) is 30.5 Å². The van der Waals surface area contributed by atoms with E-state index < -0.39 is 5.60 Å². The number of carbonyl (C=O) groups excluding carboxylic acids is 1. The fourth-order valence-corrected chi connectivity index (χ4v) is 2.78. The molecule has 7 heteroatoms. The van der Waals surface area contributed by atoms with E-state index in [2.05, 4.69) is 15.5 Å². The van der Waals surface area contributed by atoms with Gasteiger partial charge in [0.2, 0.25) is 0 Å². The van der Waals surface area contributed by atoms with E-state index in [-0.39, 0.29) is 12.5 Å². The molecule has 0 spiro atoms. The average Bonchev–Trinajstić information content (AvgIpc) is 3.03. The molecule has 1 fully saturated rings. The van der Waals surface area contributed by atoms with Crippen molar-refractivity contribution < 1.29 is 14.6 Å². The molecule has 0 aliphatic carbocycles. The SMILES string of the molecule is O=C(NCC1(O)CCOCC1)c1cn[nH]c1-c1cccc(Cl)c1. The number of rotatable bonds is 4. The standard InChI is InChI=1S/C16H18ClN3O3/c17-12-3-1-2-11(8-12)14-13(9-19-20-14)15(21)18-10-16(22)4-6-23-7-5-16/h1-3,8-9,22H,4-7,10H2,(H,18,21)(H,19,20). The van der Waals surface area contributed by atoms with Crippen molar-refractivity contribution in [1.82, 2.24) is 15.5 Å². The minimum Gasteiger partial charge on any atom is -0.388 e. The van der Waals surface area contributed by atoms with E-state index in [1.165, 1.54) is 6.20 Å². The Bertz CT molecular complexity index is 695. The lowest BCUT2D eigenvalue weighted by molar-refractivity contribution is -0.0605. The maximum Gasteiger partial charge on any atom is 0.255 e. The quantitative estimate of drug-likeness (QED) is 0.797. The van der Waals surface area contributed by atoms with Crippen molar-refractivity contribution in [2.75, 3.05) is 19.8 Å². The van der Waals surface area contributed by atoms with Gasteiger partial charge in [-0.3, -0.25) is 9.89 Å². The molecule has 1 aromatic carbocycles. The maximum atomic E-state index is 12.4. The molecule has 2 aromatic rings. The normalized spacial score (nSPS) is 17.0. The third kappa shape index (κ3) is 3.72. The van der Waals surface area contributed by atoms with Crippen molar-refractivity contribution in [2.24, 2.45) is 0 Å². The van der Waals surface area contributed by atoms with Crippen LogP contribution < -0.4 is 5.32 Å². The highest BCUT2D eigenvalue weighted by molar-refractivity contribution is 6.30. The third-order valence-corrected chi connectivity index (χ3v) is 4.23. The van der Waals surface area contributed by atoms with Gasteiger partial charge in [-0.25, -0.2) is 0 Å². The minimum absolute atomic E-state index is 0.190. The van der Waals surface area contributed by atoms with Gasteiger partial charge in [-0.1, -0.05) is 23.7 Å². The van der Waals surface area contributed by atoms with E-state index in [0.717, 1.165) is 5.56 Å². The third-order valence-electron chi connectivity index (χ3n) is 4.00. The molecule has 23 heavy (non-hydrogen) atoms. The number of aromatic amines is 1. The summed E-state index contributed by atoms with van der Waals surface area (Å²) >= 11 is 5.99. The summed E-state index contributed by atoms with van der Waals surface area (Å²) in [6, 6.07) is 7.19. The number of benzene rings is 1. The Morgan fingerprint density at radius 2 is 2.22 bits per heavy atom. The molecule has 6 nitrogen and oxygen atoms in total. The molecule has 3 N–H and O–H groups in total. The Balaban J connectivity index is 1.72. The summed E-state index contributed by atoms with van der Waals surface area (Å²) in [5.74, 6) is -0.284. The molecule has 0 atom stereocenters. The number of amides is 1. The smallest absolute Gasteiger partial charge is 0.255 e. The Labute approximate surface area is 138 Å². The van der Waals surface area contributed by atoms with E-state index in [4.69, 9.17) is 16.3 Å². The molecule has 0 radical (unpaired) electrons. The number of hydrogen-bond donors (Lipinski definition) is 3. The summed E-state index contributed by atoms with van der Waals surface area (Å²) in [6.07, 6.45) is 2.50. The number of aromatic nitrogens is 2. The van der Waals surface area contributed by atoms with Crippen LogP contribution in [0.25, 0.3) is 11.3 Å². The first-order chi connectivity index (χ1) is 11.1. The second-order valence-electron chi connectivity index (χ2n) is 5.69. The lowest BCUT2D eigenvalue weighted by Gasteiger charge is -2.32. The van der Waals surface area contributed by atoms with E-state index in [9.17, 15) is 9.90 Å². The predicted molar refractivity (Wildman–Crippen MR) is 86.4 cm³/mol. The van der Waals surface area contributed by atoms with E-state index >= 15 is 0 Å². The van der Waals surface area contributed by atoms with Crippen LogP contribution in [-0.2, 0) is 4.74 Å². The topological polar surface area (TPSA) is 87.2 Å².